The number of fused-ring (bicyclic) bond motifs is 1. The highest BCUT2D eigenvalue weighted by atomic mass is 35.5. The number of hydrogen-bond donors (Lipinski definition) is 0. The molecule has 5 rings (SSSR count). The van der Waals surface area contributed by atoms with Crippen molar-refractivity contribution in [3.63, 3.8) is 0 Å². The first-order chi connectivity index (χ1) is 14.5. The maximum absolute atomic E-state index is 12.9. The van der Waals surface area contributed by atoms with E-state index in [2.05, 4.69) is 5.10 Å². The lowest BCUT2D eigenvalue weighted by Crippen LogP contribution is -2.21. The van der Waals surface area contributed by atoms with Crippen molar-refractivity contribution >= 4 is 41.0 Å². The molecule has 0 bridgehead atoms. The first-order valence-corrected chi connectivity index (χ1v) is 9.65. The predicted molar refractivity (Wildman–Crippen MR) is 113 cm³/mol. The van der Waals surface area contributed by atoms with Crippen molar-refractivity contribution in [2.45, 2.75) is 13.5 Å². The average Bonchev–Trinajstić information content (AvgIpc) is 3.42. The van der Waals surface area contributed by atoms with E-state index in [1.165, 1.54) is 5.01 Å². The molecule has 6 nitrogen and oxygen atoms in total. The zero-order valence-corrected chi connectivity index (χ0v) is 16.6. The van der Waals surface area contributed by atoms with E-state index in [1.807, 2.05) is 18.2 Å². The fourth-order valence-corrected chi connectivity index (χ4v) is 3.67. The molecule has 3 heterocycles. The Labute approximate surface area is 177 Å². The van der Waals surface area contributed by atoms with Crippen molar-refractivity contribution in [1.29, 1.82) is 0 Å². The highest BCUT2D eigenvalue weighted by Crippen LogP contribution is 2.30. The van der Waals surface area contributed by atoms with E-state index in [-0.39, 0.29) is 18.5 Å². The molecule has 0 atom stereocenters. The number of hydrogen-bond acceptors (Lipinski definition) is 5. The van der Waals surface area contributed by atoms with E-state index in [0.29, 0.717) is 39.1 Å². The van der Waals surface area contributed by atoms with Crippen LogP contribution in [0.3, 0.4) is 0 Å². The van der Waals surface area contributed by atoms with Crippen LogP contribution in [-0.2, 0) is 16.1 Å². The molecule has 7 heteroatoms. The second-order valence-corrected chi connectivity index (χ2v) is 7.43. The number of esters is 1. The number of hydrazone groups is 1. The maximum atomic E-state index is 12.9. The SMILES string of the molecule is CC1=NN(c2cccc(Cl)c2)C(=O)/C1=C\c1ccc(-c2ccc3c(c2)COC3=O)o1. The molecular weight excluding hydrogens is 404 g/mol. The van der Waals surface area contributed by atoms with Gasteiger partial charge in [0.05, 0.1) is 22.5 Å². The van der Waals surface area contributed by atoms with E-state index in [4.69, 9.17) is 20.8 Å². The third-order valence-corrected chi connectivity index (χ3v) is 5.23. The molecule has 0 N–H and O–H groups in total. The van der Waals surface area contributed by atoms with Crippen LogP contribution in [0.15, 0.2) is 69.7 Å². The Hall–Kier alpha value is -3.64. The zero-order valence-electron chi connectivity index (χ0n) is 15.9. The number of furan rings is 1. The van der Waals surface area contributed by atoms with Gasteiger partial charge in [-0.25, -0.2) is 4.79 Å². The van der Waals surface area contributed by atoms with Gasteiger partial charge < -0.3 is 9.15 Å². The smallest absolute Gasteiger partial charge is 0.338 e. The molecule has 148 valence electrons. The standard InChI is InChI=1S/C23H15ClN2O4/c1-13-20(22(27)26(25-13)17-4-2-3-16(24)10-17)11-18-6-8-21(30-18)14-5-7-19-15(9-14)12-29-23(19)28/h2-11H,12H2,1H3/b20-11-. The van der Waals surface area contributed by atoms with Gasteiger partial charge in [0.1, 0.15) is 18.1 Å². The molecule has 3 aromatic rings. The number of rotatable bonds is 3. The Morgan fingerprint density at radius 1 is 1.10 bits per heavy atom. The fourth-order valence-electron chi connectivity index (χ4n) is 3.48. The summed E-state index contributed by atoms with van der Waals surface area (Å²) in [6, 6.07) is 16.0. The second kappa shape index (κ2) is 7.00. The van der Waals surface area contributed by atoms with Crippen LogP contribution >= 0.6 is 11.6 Å². The van der Waals surface area contributed by atoms with Crippen LogP contribution < -0.4 is 5.01 Å². The summed E-state index contributed by atoms with van der Waals surface area (Å²) in [7, 11) is 0. The van der Waals surface area contributed by atoms with E-state index in [1.54, 1.807) is 49.4 Å². The Morgan fingerprint density at radius 3 is 2.80 bits per heavy atom. The highest BCUT2D eigenvalue weighted by molar-refractivity contribution is 6.33. The molecule has 1 amide bonds. The largest absolute Gasteiger partial charge is 0.457 e. The molecule has 0 fully saturated rings. The molecule has 0 saturated carbocycles. The molecule has 0 spiro atoms. The van der Waals surface area contributed by atoms with Gasteiger partial charge in [0.15, 0.2) is 0 Å². The molecule has 0 aliphatic carbocycles. The number of halogens is 1. The van der Waals surface area contributed by atoms with Crippen LogP contribution in [0.2, 0.25) is 5.02 Å². The molecular formula is C23H15ClN2O4. The first-order valence-electron chi connectivity index (χ1n) is 9.27. The summed E-state index contributed by atoms with van der Waals surface area (Å²) in [5.41, 5.74) is 3.89. The Morgan fingerprint density at radius 2 is 1.97 bits per heavy atom. The van der Waals surface area contributed by atoms with Gasteiger partial charge in [-0.15, -0.1) is 0 Å². The molecule has 2 aliphatic heterocycles. The predicted octanol–water partition coefficient (Wildman–Crippen LogP) is 5.08. The number of carbonyl (C=O) groups is 2. The summed E-state index contributed by atoms with van der Waals surface area (Å²) in [6.07, 6.45) is 1.68. The molecule has 0 radical (unpaired) electrons. The summed E-state index contributed by atoms with van der Waals surface area (Å²) in [5.74, 6) is 0.612. The lowest BCUT2D eigenvalue weighted by Gasteiger charge is -2.11. The van der Waals surface area contributed by atoms with Gasteiger partial charge in [-0.1, -0.05) is 23.7 Å². The van der Waals surface area contributed by atoms with Crippen LogP contribution in [0.25, 0.3) is 17.4 Å². The van der Waals surface area contributed by atoms with Crippen LogP contribution in [0.1, 0.15) is 28.6 Å². The highest BCUT2D eigenvalue weighted by Gasteiger charge is 2.29. The Bertz CT molecular complexity index is 1270. The summed E-state index contributed by atoms with van der Waals surface area (Å²) >= 11 is 6.04. The Balaban J connectivity index is 1.43. The van der Waals surface area contributed by atoms with E-state index in [0.717, 1.165) is 11.1 Å². The second-order valence-electron chi connectivity index (χ2n) is 6.99. The van der Waals surface area contributed by atoms with E-state index in [9.17, 15) is 9.59 Å². The lowest BCUT2D eigenvalue weighted by molar-refractivity contribution is -0.114. The van der Waals surface area contributed by atoms with E-state index >= 15 is 0 Å². The van der Waals surface area contributed by atoms with Gasteiger partial charge in [0.2, 0.25) is 0 Å². The minimum Gasteiger partial charge on any atom is -0.457 e. The number of amides is 1. The number of nitrogens with zero attached hydrogens (tertiary/aromatic N) is 2. The molecule has 2 aromatic carbocycles. The zero-order chi connectivity index (χ0) is 20.8. The normalized spacial score (nSPS) is 16.8. The van der Waals surface area contributed by atoms with Crippen molar-refractivity contribution in [1.82, 2.24) is 0 Å². The minimum absolute atomic E-state index is 0.249. The third-order valence-electron chi connectivity index (χ3n) is 5.00. The summed E-state index contributed by atoms with van der Waals surface area (Å²) < 4.78 is 11.0. The fraction of sp³-hybridized carbons (Fsp3) is 0.0870. The summed E-state index contributed by atoms with van der Waals surface area (Å²) in [5, 5.41) is 6.21. The average molecular weight is 419 g/mol. The number of benzene rings is 2. The van der Waals surface area contributed by atoms with Gasteiger partial charge in [-0.3, -0.25) is 4.79 Å². The Kier molecular flexibility index (Phi) is 4.29. The van der Waals surface area contributed by atoms with Crippen molar-refractivity contribution in [3.05, 3.63) is 82.1 Å². The molecule has 0 unspecified atom stereocenters. The maximum Gasteiger partial charge on any atom is 0.338 e. The molecule has 1 aromatic heterocycles. The van der Waals surface area contributed by atoms with Gasteiger partial charge in [0.25, 0.3) is 5.91 Å². The van der Waals surface area contributed by atoms with Crippen molar-refractivity contribution in [2.24, 2.45) is 5.10 Å². The number of ether oxygens (including phenoxy) is 1. The van der Waals surface area contributed by atoms with E-state index < -0.39 is 0 Å². The number of anilines is 1. The number of carbonyl (C=O) groups excluding carboxylic acids is 2. The van der Waals surface area contributed by atoms with Gasteiger partial charge in [-0.2, -0.15) is 10.1 Å². The van der Waals surface area contributed by atoms with Crippen LogP contribution in [-0.4, -0.2) is 17.6 Å². The summed E-state index contributed by atoms with van der Waals surface area (Å²) in [6.45, 7) is 2.04. The van der Waals surface area contributed by atoms with Gasteiger partial charge >= 0.3 is 5.97 Å². The number of cyclic esters (lactones) is 1. The quantitative estimate of drug-likeness (QED) is 0.439. The van der Waals surface area contributed by atoms with Crippen molar-refractivity contribution in [3.8, 4) is 11.3 Å². The van der Waals surface area contributed by atoms with Crippen LogP contribution in [0.4, 0.5) is 5.69 Å². The molecule has 30 heavy (non-hydrogen) atoms. The minimum atomic E-state index is -0.305. The van der Waals surface area contributed by atoms with Crippen molar-refractivity contribution < 1.29 is 18.7 Å². The third kappa shape index (κ3) is 3.11. The van der Waals surface area contributed by atoms with Crippen molar-refractivity contribution in [2.75, 3.05) is 5.01 Å². The monoisotopic (exact) mass is 418 g/mol. The van der Waals surface area contributed by atoms with Crippen LogP contribution in [0.5, 0.6) is 0 Å². The van der Waals surface area contributed by atoms with Crippen LogP contribution in [0, 0.1) is 0 Å². The molecule has 0 saturated heterocycles. The summed E-state index contributed by atoms with van der Waals surface area (Å²) in [4.78, 5) is 24.5. The topological polar surface area (TPSA) is 72.1 Å². The van der Waals surface area contributed by atoms with Gasteiger partial charge in [-0.05, 0) is 55.5 Å². The first kappa shape index (κ1) is 18.4. The molecule has 2 aliphatic rings. The van der Waals surface area contributed by atoms with Gasteiger partial charge in [0, 0.05) is 16.1 Å². The lowest BCUT2D eigenvalue weighted by atomic mass is 10.0.